The summed E-state index contributed by atoms with van der Waals surface area (Å²) in [5, 5.41) is 6.95. The number of benzene rings is 2. The van der Waals surface area contributed by atoms with E-state index in [0.717, 1.165) is 0 Å². The van der Waals surface area contributed by atoms with Crippen LogP contribution < -0.4 is 19.5 Å². The number of carbonyl (C=O) groups excluding carboxylic acids is 1. The molecule has 2 heterocycles. The van der Waals surface area contributed by atoms with Gasteiger partial charge in [0.05, 0.1) is 38.1 Å². The average Bonchev–Trinajstić information content (AvgIpc) is 3.34. The zero-order valence-corrected chi connectivity index (χ0v) is 17.7. The first-order valence-electron chi connectivity index (χ1n) is 9.59. The van der Waals surface area contributed by atoms with Crippen molar-refractivity contribution < 1.29 is 23.5 Å². The molecule has 0 radical (unpaired) electrons. The quantitative estimate of drug-likeness (QED) is 0.465. The van der Waals surface area contributed by atoms with E-state index in [2.05, 4.69) is 20.4 Å². The number of pyridine rings is 1. The monoisotopic (exact) mass is 432 g/mol. The first-order valence-corrected chi connectivity index (χ1v) is 9.59. The summed E-state index contributed by atoms with van der Waals surface area (Å²) in [4.78, 5) is 21.0. The highest BCUT2D eigenvalue weighted by Crippen LogP contribution is 2.41. The molecular formula is C23H20N4O5. The van der Waals surface area contributed by atoms with Crippen LogP contribution in [0.2, 0.25) is 0 Å². The van der Waals surface area contributed by atoms with Crippen molar-refractivity contribution in [2.45, 2.75) is 0 Å². The second-order valence-electron chi connectivity index (χ2n) is 6.58. The molecular weight excluding hydrogens is 412 g/mol. The molecule has 0 aliphatic rings. The van der Waals surface area contributed by atoms with Crippen molar-refractivity contribution in [1.82, 2.24) is 15.1 Å². The number of rotatable bonds is 7. The minimum atomic E-state index is -0.296. The van der Waals surface area contributed by atoms with Gasteiger partial charge in [-0.3, -0.25) is 9.78 Å². The molecule has 1 amide bonds. The Morgan fingerprint density at radius 3 is 2.38 bits per heavy atom. The zero-order valence-electron chi connectivity index (χ0n) is 17.7. The van der Waals surface area contributed by atoms with Crippen LogP contribution in [-0.4, -0.2) is 42.4 Å². The Labute approximate surface area is 184 Å². The van der Waals surface area contributed by atoms with Crippen molar-refractivity contribution in [2.24, 2.45) is 0 Å². The van der Waals surface area contributed by atoms with Gasteiger partial charge in [-0.2, -0.15) is 4.98 Å². The first-order chi connectivity index (χ1) is 15.6. The van der Waals surface area contributed by atoms with Gasteiger partial charge in [0.2, 0.25) is 11.6 Å². The molecule has 0 bridgehead atoms. The summed E-state index contributed by atoms with van der Waals surface area (Å²) in [6, 6.07) is 14.0. The fraction of sp³-hybridized carbons (Fsp3) is 0.130. The number of hydrogen-bond donors (Lipinski definition) is 1. The Bertz CT molecular complexity index is 1220. The maximum atomic E-state index is 12.6. The van der Waals surface area contributed by atoms with Gasteiger partial charge >= 0.3 is 0 Å². The lowest BCUT2D eigenvalue weighted by Crippen LogP contribution is -2.12. The summed E-state index contributed by atoms with van der Waals surface area (Å²) >= 11 is 0. The van der Waals surface area contributed by atoms with Gasteiger partial charge in [0, 0.05) is 18.0 Å². The summed E-state index contributed by atoms with van der Waals surface area (Å²) in [5.41, 5.74) is 2.16. The van der Waals surface area contributed by atoms with E-state index in [4.69, 9.17) is 18.7 Å². The number of anilines is 1. The topological polar surface area (TPSA) is 109 Å². The van der Waals surface area contributed by atoms with E-state index in [-0.39, 0.29) is 11.8 Å². The third-order valence-corrected chi connectivity index (χ3v) is 4.68. The van der Waals surface area contributed by atoms with E-state index in [1.54, 1.807) is 48.7 Å². The molecule has 0 unspecified atom stereocenters. The number of amides is 1. The van der Waals surface area contributed by atoms with Crippen LogP contribution >= 0.6 is 0 Å². The molecule has 9 nitrogen and oxygen atoms in total. The second kappa shape index (κ2) is 9.17. The standard InChI is InChI=1S/C23H20N4O5/c1-29-18-11-15(12-19(30-2)20(18)31-3)21-26-23(32-27-21)16-8-4-5-9-17(16)25-22(28)14-7-6-10-24-13-14/h4-13H,1-3H3,(H,25,28). The first kappa shape index (κ1) is 20.9. The molecule has 162 valence electrons. The van der Waals surface area contributed by atoms with Gasteiger partial charge in [-0.1, -0.05) is 17.3 Å². The van der Waals surface area contributed by atoms with Gasteiger partial charge in [0.1, 0.15) is 0 Å². The third-order valence-electron chi connectivity index (χ3n) is 4.68. The van der Waals surface area contributed by atoms with Crippen molar-refractivity contribution >= 4 is 11.6 Å². The molecule has 4 aromatic rings. The molecule has 1 N–H and O–H groups in total. The van der Waals surface area contributed by atoms with Crippen LogP contribution in [-0.2, 0) is 0 Å². The lowest BCUT2D eigenvalue weighted by molar-refractivity contribution is 0.102. The van der Waals surface area contributed by atoms with E-state index in [9.17, 15) is 4.79 Å². The Kier molecular flexibility index (Phi) is 5.98. The molecule has 4 rings (SSSR count). The normalized spacial score (nSPS) is 10.5. The average molecular weight is 432 g/mol. The Morgan fingerprint density at radius 2 is 1.72 bits per heavy atom. The van der Waals surface area contributed by atoms with E-state index < -0.39 is 0 Å². The number of para-hydroxylation sites is 1. The van der Waals surface area contributed by atoms with Gasteiger partial charge in [-0.15, -0.1) is 0 Å². The lowest BCUT2D eigenvalue weighted by Gasteiger charge is -2.12. The Hall–Kier alpha value is -4.40. The van der Waals surface area contributed by atoms with E-state index in [1.165, 1.54) is 27.5 Å². The number of hydrogen-bond acceptors (Lipinski definition) is 8. The maximum absolute atomic E-state index is 12.6. The van der Waals surface area contributed by atoms with Gasteiger partial charge in [-0.25, -0.2) is 0 Å². The number of carbonyl (C=O) groups is 1. The predicted molar refractivity (Wildman–Crippen MR) is 117 cm³/mol. The van der Waals surface area contributed by atoms with Crippen molar-refractivity contribution in [2.75, 3.05) is 26.6 Å². The summed E-state index contributed by atoms with van der Waals surface area (Å²) < 4.78 is 21.6. The van der Waals surface area contributed by atoms with E-state index in [1.807, 2.05) is 6.07 Å². The smallest absolute Gasteiger partial charge is 0.260 e. The molecule has 9 heteroatoms. The summed E-state index contributed by atoms with van der Waals surface area (Å²) in [5.74, 6) is 1.68. The van der Waals surface area contributed by atoms with Crippen LogP contribution in [0.25, 0.3) is 22.8 Å². The summed E-state index contributed by atoms with van der Waals surface area (Å²) in [7, 11) is 4.59. The predicted octanol–water partition coefficient (Wildman–Crippen LogP) is 4.08. The molecule has 0 atom stereocenters. The molecule has 0 aliphatic carbocycles. The molecule has 0 spiro atoms. The minimum Gasteiger partial charge on any atom is -0.493 e. The molecule has 0 fully saturated rings. The lowest BCUT2D eigenvalue weighted by atomic mass is 10.1. The second-order valence-corrected chi connectivity index (χ2v) is 6.58. The van der Waals surface area contributed by atoms with Crippen molar-refractivity contribution in [1.29, 1.82) is 0 Å². The van der Waals surface area contributed by atoms with Crippen LogP contribution in [0.4, 0.5) is 5.69 Å². The maximum Gasteiger partial charge on any atom is 0.260 e. The number of aromatic nitrogens is 3. The highest BCUT2D eigenvalue weighted by Gasteiger charge is 2.19. The highest BCUT2D eigenvalue weighted by atomic mass is 16.5. The van der Waals surface area contributed by atoms with Gasteiger partial charge in [-0.05, 0) is 36.4 Å². The van der Waals surface area contributed by atoms with Crippen molar-refractivity contribution in [3.8, 4) is 40.1 Å². The van der Waals surface area contributed by atoms with E-state index >= 15 is 0 Å². The fourth-order valence-corrected chi connectivity index (χ4v) is 3.13. The van der Waals surface area contributed by atoms with Gasteiger partial charge in [0.25, 0.3) is 11.8 Å². The Balaban J connectivity index is 1.67. The van der Waals surface area contributed by atoms with Crippen LogP contribution in [0.5, 0.6) is 17.2 Å². The van der Waals surface area contributed by atoms with Crippen molar-refractivity contribution in [3.63, 3.8) is 0 Å². The van der Waals surface area contributed by atoms with Crippen LogP contribution in [0.15, 0.2) is 65.4 Å². The van der Waals surface area contributed by atoms with E-state index in [0.29, 0.717) is 45.5 Å². The molecule has 0 saturated carbocycles. The third kappa shape index (κ3) is 4.08. The van der Waals surface area contributed by atoms with Gasteiger partial charge < -0.3 is 24.1 Å². The number of ether oxygens (including phenoxy) is 3. The van der Waals surface area contributed by atoms with Gasteiger partial charge in [0.15, 0.2) is 11.5 Å². The molecule has 32 heavy (non-hydrogen) atoms. The number of nitrogens with one attached hydrogen (secondary N) is 1. The molecule has 0 aliphatic heterocycles. The summed E-state index contributed by atoms with van der Waals surface area (Å²) in [6.07, 6.45) is 3.10. The largest absolute Gasteiger partial charge is 0.493 e. The minimum absolute atomic E-state index is 0.246. The number of methoxy groups -OCH3 is 3. The van der Waals surface area contributed by atoms with Crippen LogP contribution in [0, 0.1) is 0 Å². The van der Waals surface area contributed by atoms with Crippen LogP contribution in [0.1, 0.15) is 10.4 Å². The Morgan fingerprint density at radius 1 is 0.969 bits per heavy atom. The zero-order chi connectivity index (χ0) is 22.5. The molecule has 2 aromatic carbocycles. The molecule has 0 saturated heterocycles. The fourth-order valence-electron chi connectivity index (χ4n) is 3.13. The highest BCUT2D eigenvalue weighted by molar-refractivity contribution is 6.05. The van der Waals surface area contributed by atoms with Crippen molar-refractivity contribution in [3.05, 3.63) is 66.5 Å². The number of nitrogens with zero attached hydrogens (tertiary/aromatic N) is 3. The SMILES string of the molecule is COc1cc(-c2noc(-c3ccccc3NC(=O)c3cccnc3)n2)cc(OC)c1OC. The summed E-state index contributed by atoms with van der Waals surface area (Å²) in [6.45, 7) is 0. The van der Waals surface area contributed by atoms with Crippen LogP contribution in [0.3, 0.4) is 0 Å². The molecule has 2 aromatic heterocycles.